The molecule has 1 aliphatic carbocycles. The van der Waals surface area contributed by atoms with Gasteiger partial charge in [-0.25, -0.2) is 0 Å². The van der Waals surface area contributed by atoms with Crippen LogP contribution in [0, 0.1) is 11.8 Å². The number of carbonyl (C=O) groups is 2. The van der Waals surface area contributed by atoms with Crippen molar-refractivity contribution in [2.45, 2.75) is 31.9 Å². The normalized spacial score (nSPS) is 22.9. The molecule has 0 aromatic carbocycles. The lowest BCUT2D eigenvalue weighted by Crippen LogP contribution is -2.43. The number of carboxylic acid groups (broad SMARTS) is 1. The molecule has 0 aromatic rings. The third-order valence-corrected chi connectivity index (χ3v) is 3.69. The molecule has 1 fully saturated rings. The van der Waals surface area contributed by atoms with Gasteiger partial charge in [0.1, 0.15) is 6.54 Å². The molecule has 5 nitrogen and oxygen atoms in total. The monoisotopic (exact) mass is 311 g/mol. The summed E-state index contributed by atoms with van der Waals surface area (Å²) in [6, 6.07) is 0. The SMILES string of the molecule is COCCN(CC(=O)O)C(=O)C1CCCC(C(F)(F)F)C1. The van der Waals surface area contributed by atoms with Gasteiger partial charge >= 0.3 is 12.1 Å². The van der Waals surface area contributed by atoms with Crippen LogP contribution in [0.2, 0.25) is 0 Å². The number of amides is 1. The summed E-state index contributed by atoms with van der Waals surface area (Å²) in [4.78, 5) is 24.1. The molecular formula is C13H20F3NO4. The third kappa shape index (κ3) is 5.53. The molecule has 2 unspecified atom stereocenters. The lowest BCUT2D eigenvalue weighted by molar-refractivity contribution is -0.187. The predicted molar refractivity (Wildman–Crippen MR) is 67.6 cm³/mol. The standard InChI is InChI=1S/C13H20F3NO4/c1-21-6-5-17(8-11(18)19)12(20)9-3-2-4-10(7-9)13(14,15)16/h9-10H,2-8H2,1H3,(H,18,19). The highest BCUT2D eigenvalue weighted by Crippen LogP contribution is 2.40. The molecule has 1 aliphatic rings. The molecule has 2 atom stereocenters. The Morgan fingerprint density at radius 2 is 2.00 bits per heavy atom. The highest BCUT2D eigenvalue weighted by atomic mass is 19.4. The second-order valence-electron chi connectivity index (χ2n) is 5.25. The van der Waals surface area contributed by atoms with Crippen molar-refractivity contribution in [3.63, 3.8) is 0 Å². The summed E-state index contributed by atoms with van der Waals surface area (Å²) in [5.41, 5.74) is 0. The first-order chi connectivity index (χ1) is 9.75. The molecule has 0 saturated heterocycles. The van der Waals surface area contributed by atoms with Gasteiger partial charge in [0.25, 0.3) is 0 Å². The molecule has 0 radical (unpaired) electrons. The van der Waals surface area contributed by atoms with E-state index in [0.717, 1.165) is 4.90 Å². The van der Waals surface area contributed by atoms with Crippen molar-refractivity contribution >= 4 is 11.9 Å². The second-order valence-corrected chi connectivity index (χ2v) is 5.25. The van der Waals surface area contributed by atoms with Crippen LogP contribution < -0.4 is 0 Å². The van der Waals surface area contributed by atoms with E-state index in [1.165, 1.54) is 7.11 Å². The molecule has 0 aromatic heterocycles. The van der Waals surface area contributed by atoms with Gasteiger partial charge in [0, 0.05) is 19.6 Å². The lowest BCUT2D eigenvalue weighted by Gasteiger charge is -2.32. The molecule has 1 amide bonds. The molecule has 0 bridgehead atoms. The zero-order valence-corrected chi connectivity index (χ0v) is 11.9. The number of carboxylic acids is 1. The summed E-state index contributed by atoms with van der Waals surface area (Å²) < 4.78 is 43.1. The van der Waals surface area contributed by atoms with Crippen LogP contribution in [0.5, 0.6) is 0 Å². The van der Waals surface area contributed by atoms with E-state index >= 15 is 0 Å². The summed E-state index contributed by atoms with van der Waals surface area (Å²) in [5.74, 6) is -3.96. The van der Waals surface area contributed by atoms with Crippen molar-refractivity contribution in [2.75, 3.05) is 26.8 Å². The van der Waals surface area contributed by atoms with Gasteiger partial charge in [-0.1, -0.05) is 6.42 Å². The van der Waals surface area contributed by atoms with Gasteiger partial charge in [-0.2, -0.15) is 13.2 Å². The number of nitrogens with zero attached hydrogens (tertiary/aromatic N) is 1. The maximum atomic E-state index is 12.8. The van der Waals surface area contributed by atoms with Gasteiger partial charge in [0.15, 0.2) is 0 Å². The number of carbonyl (C=O) groups excluding carboxylic acids is 1. The van der Waals surface area contributed by atoms with Crippen molar-refractivity contribution in [3.8, 4) is 0 Å². The molecular weight excluding hydrogens is 291 g/mol. The van der Waals surface area contributed by atoms with Crippen molar-refractivity contribution in [2.24, 2.45) is 11.8 Å². The number of halogens is 3. The number of hydrogen-bond acceptors (Lipinski definition) is 3. The van der Waals surface area contributed by atoms with Gasteiger partial charge in [-0.3, -0.25) is 9.59 Å². The largest absolute Gasteiger partial charge is 0.480 e. The van der Waals surface area contributed by atoms with Crippen molar-refractivity contribution in [3.05, 3.63) is 0 Å². The van der Waals surface area contributed by atoms with Gasteiger partial charge in [-0.15, -0.1) is 0 Å². The number of aliphatic carboxylic acids is 1. The Kier molecular flexibility index (Phi) is 6.44. The van der Waals surface area contributed by atoms with E-state index in [1.807, 2.05) is 0 Å². The fourth-order valence-corrected chi connectivity index (χ4v) is 2.60. The topological polar surface area (TPSA) is 66.8 Å². The van der Waals surface area contributed by atoms with Crippen LogP contribution in [-0.4, -0.2) is 54.9 Å². The maximum Gasteiger partial charge on any atom is 0.391 e. The highest BCUT2D eigenvalue weighted by Gasteiger charge is 2.44. The molecule has 1 N–H and O–H groups in total. The van der Waals surface area contributed by atoms with E-state index in [9.17, 15) is 22.8 Å². The third-order valence-electron chi connectivity index (χ3n) is 3.69. The minimum Gasteiger partial charge on any atom is -0.480 e. The van der Waals surface area contributed by atoms with Gasteiger partial charge < -0.3 is 14.7 Å². The van der Waals surface area contributed by atoms with Crippen LogP contribution in [0.15, 0.2) is 0 Å². The van der Waals surface area contributed by atoms with Crippen LogP contribution in [0.4, 0.5) is 13.2 Å². The van der Waals surface area contributed by atoms with Crippen LogP contribution >= 0.6 is 0 Å². The Hall–Kier alpha value is -1.31. The van der Waals surface area contributed by atoms with Crippen molar-refractivity contribution in [1.29, 1.82) is 0 Å². The van der Waals surface area contributed by atoms with E-state index in [-0.39, 0.29) is 26.0 Å². The van der Waals surface area contributed by atoms with Crippen LogP contribution in [0.25, 0.3) is 0 Å². The van der Waals surface area contributed by atoms with Crippen molar-refractivity contribution < 1.29 is 32.6 Å². The predicted octanol–water partition coefficient (Wildman–Crippen LogP) is 1.91. The molecule has 0 spiro atoms. The Balaban J connectivity index is 2.70. The minimum absolute atomic E-state index is 0.0320. The smallest absolute Gasteiger partial charge is 0.391 e. The molecule has 1 saturated carbocycles. The molecule has 0 heterocycles. The first kappa shape index (κ1) is 17.7. The Labute approximate surface area is 121 Å². The minimum atomic E-state index is -4.30. The molecule has 0 aliphatic heterocycles. The fraction of sp³-hybridized carbons (Fsp3) is 0.846. The molecule has 1 rings (SSSR count). The first-order valence-corrected chi connectivity index (χ1v) is 6.82. The number of alkyl halides is 3. The Bertz CT molecular complexity index is 373. The summed E-state index contributed by atoms with van der Waals surface area (Å²) in [5, 5.41) is 8.80. The van der Waals surface area contributed by atoms with Crippen LogP contribution in [0.1, 0.15) is 25.7 Å². The van der Waals surface area contributed by atoms with Crippen LogP contribution in [0.3, 0.4) is 0 Å². The quantitative estimate of drug-likeness (QED) is 0.814. The fourth-order valence-electron chi connectivity index (χ4n) is 2.60. The zero-order valence-electron chi connectivity index (χ0n) is 11.9. The lowest BCUT2D eigenvalue weighted by atomic mass is 9.80. The molecule has 21 heavy (non-hydrogen) atoms. The first-order valence-electron chi connectivity index (χ1n) is 6.82. The average molecular weight is 311 g/mol. The number of rotatable bonds is 6. The van der Waals surface area contributed by atoms with Crippen molar-refractivity contribution in [1.82, 2.24) is 4.90 Å². The Morgan fingerprint density at radius 1 is 1.33 bits per heavy atom. The highest BCUT2D eigenvalue weighted by molar-refractivity contribution is 5.83. The summed E-state index contributed by atoms with van der Waals surface area (Å²) in [6.07, 6.45) is -3.83. The molecule has 8 heteroatoms. The van der Waals surface area contributed by atoms with Gasteiger partial charge in [-0.05, 0) is 19.3 Å². The zero-order chi connectivity index (χ0) is 16.0. The average Bonchev–Trinajstić information content (AvgIpc) is 2.41. The number of ether oxygens (including phenoxy) is 1. The summed E-state index contributed by atoms with van der Waals surface area (Å²) in [7, 11) is 1.41. The van der Waals surface area contributed by atoms with Crippen LogP contribution in [-0.2, 0) is 14.3 Å². The van der Waals surface area contributed by atoms with E-state index in [2.05, 4.69) is 0 Å². The van der Waals surface area contributed by atoms with E-state index in [1.54, 1.807) is 0 Å². The number of methoxy groups -OCH3 is 1. The van der Waals surface area contributed by atoms with Gasteiger partial charge in [0.2, 0.25) is 5.91 Å². The maximum absolute atomic E-state index is 12.8. The summed E-state index contributed by atoms with van der Waals surface area (Å²) in [6.45, 7) is -0.307. The van der Waals surface area contributed by atoms with E-state index in [0.29, 0.717) is 12.8 Å². The molecule has 122 valence electrons. The summed E-state index contributed by atoms with van der Waals surface area (Å²) >= 11 is 0. The Morgan fingerprint density at radius 3 is 2.52 bits per heavy atom. The van der Waals surface area contributed by atoms with E-state index < -0.39 is 36.4 Å². The van der Waals surface area contributed by atoms with Gasteiger partial charge in [0.05, 0.1) is 12.5 Å². The number of hydrogen-bond donors (Lipinski definition) is 1. The van der Waals surface area contributed by atoms with E-state index in [4.69, 9.17) is 9.84 Å². The second kappa shape index (κ2) is 7.63.